The second kappa shape index (κ2) is 7.16. The predicted octanol–water partition coefficient (Wildman–Crippen LogP) is 1.82. The first-order chi connectivity index (χ1) is 11.4. The molecule has 7 nitrogen and oxygen atoms in total. The number of nitrogens with one attached hydrogen (secondary N) is 1. The van der Waals surface area contributed by atoms with Gasteiger partial charge in [0.25, 0.3) is 0 Å². The fourth-order valence-electron chi connectivity index (χ4n) is 2.57. The van der Waals surface area contributed by atoms with Gasteiger partial charge in [0.1, 0.15) is 5.76 Å². The topological polar surface area (TPSA) is 94.8 Å². The molecule has 0 saturated heterocycles. The summed E-state index contributed by atoms with van der Waals surface area (Å²) < 4.78 is 15.5. The number of hydrogen-bond acceptors (Lipinski definition) is 7. The smallest absolute Gasteiger partial charge is 0.337 e. The van der Waals surface area contributed by atoms with Crippen molar-refractivity contribution >= 4 is 18.2 Å². The highest BCUT2D eigenvalue weighted by atomic mass is 16.5. The van der Waals surface area contributed by atoms with Crippen LogP contribution in [0.2, 0.25) is 0 Å². The van der Waals surface area contributed by atoms with Gasteiger partial charge in [-0.3, -0.25) is 4.79 Å². The normalized spacial score (nSPS) is 17.6. The zero-order chi connectivity index (χ0) is 17.9. The molecule has 1 N–H and O–H groups in total. The third kappa shape index (κ3) is 3.24. The van der Waals surface area contributed by atoms with Crippen molar-refractivity contribution in [1.82, 2.24) is 5.32 Å². The number of furan rings is 1. The standard InChI is InChI=1S/C17H19NO6/c1-9(2)24-17(21)13-10(3)18-11(8-19)14(16(20)22-4)15(13)12-6-5-7-23-12/h5-9,15,18H,1-4H3. The minimum absolute atomic E-state index is 0.00348. The summed E-state index contributed by atoms with van der Waals surface area (Å²) in [5.41, 5.74) is 0.645. The Morgan fingerprint density at radius 1 is 1.29 bits per heavy atom. The lowest BCUT2D eigenvalue weighted by Gasteiger charge is -2.28. The van der Waals surface area contributed by atoms with E-state index in [0.717, 1.165) is 0 Å². The number of methoxy groups -OCH3 is 1. The first-order valence-electron chi connectivity index (χ1n) is 7.40. The average molecular weight is 333 g/mol. The molecule has 1 aliphatic heterocycles. The highest BCUT2D eigenvalue weighted by Gasteiger charge is 2.40. The van der Waals surface area contributed by atoms with Gasteiger partial charge in [-0.05, 0) is 32.9 Å². The van der Waals surface area contributed by atoms with Crippen molar-refractivity contribution in [3.05, 3.63) is 46.7 Å². The summed E-state index contributed by atoms with van der Waals surface area (Å²) >= 11 is 0. The van der Waals surface area contributed by atoms with Crippen molar-refractivity contribution in [3.63, 3.8) is 0 Å². The van der Waals surface area contributed by atoms with Crippen molar-refractivity contribution in [2.45, 2.75) is 32.8 Å². The molecule has 0 saturated carbocycles. The molecule has 1 atom stereocenters. The second-order valence-corrected chi connectivity index (χ2v) is 5.50. The summed E-state index contributed by atoms with van der Waals surface area (Å²) in [6.07, 6.45) is 1.59. The molecule has 2 heterocycles. The van der Waals surface area contributed by atoms with E-state index in [0.29, 0.717) is 17.7 Å². The van der Waals surface area contributed by atoms with Gasteiger partial charge in [-0.25, -0.2) is 9.59 Å². The fraction of sp³-hybridized carbons (Fsp3) is 0.353. The number of aldehydes is 1. The molecule has 0 bridgehead atoms. The van der Waals surface area contributed by atoms with Crippen LogP contribution in [0.1, 0.15) is 32.4 Å². The van der Waals surface area contributed by atoms with Crippen LogP contribution in [-0.2, 0) is 23.9 Å². The molecular weight excluding hydrogens is 314 g/mol. The van der Waals surface area contributed by atoms with Gasteiger partial charge < -0.3 is 19.2 Å². The summed E-state index contributed by atoms with van der Waals surface area (Å²) in [6, 6.07) is 3.25. The van der Waals surface area contributed by atoms with E-state index in [-0.39, 0.29) is 22.9 Å². The summed E-state index contributed by atoms with van der Waals surface area (Å²) in [7, 11) is 1.20. The Labute approximate surface area is 139 Å². The van der Waals surface area contributed by atoms with Gasteiger partial charge in [-0.2, -0.15) is 0 Å². The summed E-state index contributed by atoms with van der Waals surface area (Å²) in [6.45, 7) is 5.07. The average Bonchev–Trinajstić information content (AvgIpc) is 3.06. The molecule has 0 aliphatic carbocycles. The molecule has 0 radical (unpaired) electrons. The van der Waals surface area contributed by atoms with E-state index in [1.54, 1.807) is 32.9 Å². The maximum absolute atomic E-state index is 12.6. The Balaban J connectivity index is 2.63. The van der Waals surface area contributed by atoms with Crippen LogP contribution in [-0.4, -0.2) is 31.4 Å². The zero-order valence-electron chi connectivity index (χ0n) is 13.9. The van der Waals surface area contributed by atoms with Gasteiger partial charge in [-0.1, -0.05) is 0 Å². The van der Waals surface area contributed by atoms with Crippen LogP contribution in [0.3, 0.4) is 0 Å². The Morgan fingerprint density at radius 3 is 2.50 bits per heavy atom. The second-order valence-electron chi connectivity index (χ2n) is 5.50. The number of hydrogen-bond donors (Lipinski definition) is 1. The molecule has 7 heteroatoms. The molecule has 0 aromatic carbocycles. The lowest BCUT2D eigenvalue weighted by atomic mass is 9.83. The molecule has 1 aliphatic rings. The Morgan fingerprint density at radius 2 is 2.00 bits per heavy atom. The van der Waals surface area contributed by atoms with Crippen molar-refractivity contribution in [2.24, 2.45) is 0 Å². The van der Waals surface area contributed by atoms with E-state index >= 15 is 0 Å². The molecule has 24 heavy (non-hydrogen) atoms. The largest absolute Gasteiger partial charge is 0.468 e. The van der Waals surface area contributed by atoms with Crippen molar-refractivity contribution in [3.8, 4) is 0 Å². The van der Waals surface area contributed by atoms with Gasteiger partial charge >= 0.3 is 11.9 Å². The van der Waals surface area contributed by atoms with E-state index in [2.05, 4.69) is 5.32 Å². The van der Waals surface area contributed by atoms with Crippen LogP contribution in [0, 0.1) is 0 Å². The quantitative estimate of drug-likeness (QED) is 0.648. The Bertz CT molecular complexity index is 711. The van der Waals surface area contributed by atoms with E-state index in [1.165, 1.54) is 13.4 Å². The fourth-order valence-corrected chi connectivity index (χ4v) is 2.57. The van der Waals surface area contributed by atoms with E-state index in [4.69, 9.17) is 13.9 Å². The van der Waals surface area contributed by atoms with Crippen LogP contribution >= 0.6 is 0 Å². The number of carbonyl (C=O) groups excluding carboxylic acids is 3. The number of ether oxygens (including phenoxy) is 2. The van der Waals surface area contributed by atoms with Crippen LogP contribution in [0.4, 0.5) is 0 Å². The van der Waals surface area contributed by atoms with Gasteiger partial charge in [0.15, 0.2) is 6.29 Å². The summed E-state index contributed by atoms with van der Waals surface area (Å²) in [5, 5.41) is 2.78. The predicted molar refractivity (Wildman–Crippen MR) is 83.6 cm³/mol. The molecule has 1 unspecified atom stereocenters. The summed E-state index contributed by atoms with van der Waals surface area (Å²) in [4.78, 5) is 36.2. The molecular formula is C17H19NO6. The van der Waals surface area contributed by atoms with Crippen LogP contribution in [0.15, 0.2) is 45.4 Å². The maximum Gasteiger partial charge on any atom is 0.337 e. The molecule has 1 aromatic rings. The lowest BCUT2D eigenvalue weighted by molar-refractivity contribution is -0.143. The van der Waals surface area contributed by atoms with Gasteiger partial charge in [0, 0.05) is 5.70 Å². The molecule has 0 spiro atoms. The summed E-state index contributed by atoms with van der Waals surface area (Å²) in [5.74, 6) is -1.87. The molecule has 1 aromatic heterocycles. The van der Waals surface area contributed by atoms with Crippen LogP contribution < -0.4 is 5.32 Å². The van der Waals surface area contributed by atoms with Crippen molar-refractivity contribution in [2.75, 3.05) is 7.11 Å². The van der Waals surface area contributed by atoms with E-state index in [9.17, 15) is 14.4 Å². The monoisotopic (exact) mass is 333 g/mol. The molecule has 128 valence electrons. The maximum atomic E-state index is 12.6. The highest BCUT2D eigenvalue weighted by molar-refractivity contribution is 6.03. The van der Waals surface area contributed by atoms with Gasteiger partial charge in [0.05, 0.1) is 42.2 Å². The molecule has 0 fully saturated rings. The van der Waals surface area contributed by atoms with Gasteiger partial charge in [-0.15, -0.1) is 0 Å². The minimum Gasteiger partial charge on any atom is -0.468 e. The first-order valence-corrected chi connectivity index (χ1v) is 7.40. The Kier molecular flexibility index (Phi) is 5.23. The van der Waals surface area contributed by atoms with E-state index < -0.39 is 17.9 Å². The lowest BCUT2D eigenvalue weighted by Crippen LogP contribution is -2.34. The number of dihydropyridines is 1. The third-order valence-corrected chi connectivity index (χ3v) is 3.51. The number of rotatable bonds is 5. The number of carbonyl (C=O) groups is 3. The van der Waals surface area contributed by atoms with Gasteiger partial charge in [0.2, 0.25) is 0 Å². The third-order valence-electron chi connectivity index (χ3n) is 3.51. The highest BCUT2D eigenvalue weighted by Crippen LogP contribution is 2.39. The number of esters is 2. The zero-order valence-corrected chi connectivity index (χ0v) is 13.9. The number of allylic oxidation sites excluding steroid dienone is 2. The first kappa shape index (κ1) is 17.5. The molecule has 0 amide bonds. The van der Waals surface area contributed by atoms with Crippen LogP contribution in [0.5, 0.6) is 0 Å². The van der Waals surface area contributed by atoms with Crippen molar-refractivity contribution in [1.29, 1.82) is 0 Å². The molecule has 2 rings (SSSR count). The minimum atomic E-state index is -0.889. The Hall–Kier alpha value is -2.83. The van der Waals surface area contributed by atoms with E-state index in [1.807, 2.05) is 0 Å². The van der Waals surface area contributed by atoms with Crippen LogP contribution in [0.25, 0.3) is 0 Å². The SMILES string of the molecule is COC(=O)C1=C(C=O)NC(C)=C(C(=O)OC(C)C)C1c1ccco1. The van der Waals surface area contributed by atoms with Crippen molar-refractivity contribution < 1.29 is 28.3 Å².